The van der Waals surface area contributed by atoms with Gasteiger partial charge in [-0.15, -0.1) is 0 Å². The number of hydrogen-bond acceptors (Lipinski definition) is 5. The zero-order chi connectivity index (χ0) is 21.8. The van der Waals surface area contributed by atoms with Crippen molar-refractivity contribution in [1.82, 2.24) is 9.47 Å². The van der Waals surface area contributed by atoms with E-state index in [-0.39, 0.29) is 25.0 Å². The third kappa shape index (κ3) is 4.55. The van der Waals surface area contributed by atoms with Crippen LogP contribution in [0.25, 0.3) is 11.1 Å². The summed E-state index contributed by atoms with van der Waals surface area (Å²) in [6.07, 6.45) is 3.50. The van der Waals surface area contributed by atoms with Gasteiger partial charge >= 0.3 is 11.7 Å². The molecular formula is C24H26N2O5. The average Bonchev–Trinajstić information content (AvgIpc) is 3.11. The summed E-state index contributed by atoms with van der Waals surface area (Å²) in [6.45, 7) is 0.0697. The normalized spacial score (nSPS) is 15.5. The summed E-state index contributed by atoms with van der Waals surface area (Å²) in [7, 11) is 1.76. The van der Waals surface area contributed by atoms with E-state index in [2.05, 4.69) is 12.1 Å². The molecule has 1 aliphatic carbocycles. The third-order valence-electron chi connectivity index (χ3n) is 5.89. The maximum Gasteiger partial charge on any atom is 0.419 e. The van der Waals surface area contributed by atoms with Crippen molar-refractivity contribution in [3.8, 4) is 0 Å². The molecular weight excluding hydrogens is 396 g/mol. The van der Waals surface area contributed by atoms with E-state index in [0.717, 1.165) is 19.3 Å². The van der Waals surface area contributed by atoms with Gasteiger partial charge < -0.3 is 14.1 Å². The van der Waals surface area contributed by atoms with Crippen molar-refractivity contribution in [1.29, 1.82) is 0 Å². The summed E-state index contributed by atoms with van der Waals surface area (Å²) in [5.41, 5.74) is 3.67. The molecule has 0 N–H and O–H groups in total. The van der Waals surface area contributed by atoms with E-state index in [4.69, 9.17) is 9.15 Å². The molecule has 1 aromatic heterocycles. The Morgan fingerprint density at radius 2 is 1.94 bits per heavy atom. The maximum atomic E-state index is 12.6. The van der Waals surface area contributed by atoms with Crippen LogP contribution in [0.2, 0.25) is 0 Å². The molecule has 4 rings (SSSR count). The quantitative estimate of drug-likeness (QED) is 0.545. The molecule has 3 aromatic rings. The van der Waals surface area contributed by atoms with Crippen LogP contribution < -0.4 is 5.76 Å². The van der Waals surface area contributed by atoms with Gasteiger partial charge in [-0.1, -0.05) is 36.4 Å². The lowest BCUT2D eigenvalue weighted by Crippen LogP contribution is -2.36. The molecule has 1 amide bonds. The number of amides is 1. The lowest BCUT2D eigenvalue weighted by atomic mass is 9.87. The number of para-hydroxylation sites is 2. The third-order valence-corrected chi connectivity index (χ3v) is 5.89. The fourth-order valence-electron chi connectivity index (χ4n) is 4.23. The first-order chi connectivity index (χ1) is 15.0. The first kappa shape index (κ1) is 20.9. The van der Waals surface area contributed by atoms with Gasteiger partial charge in [-0.2, -0.15) is 0 Å². The van der Waals surface area contributed by atoms with E-state index in [1.165, 1.54) is 15.7 Å². The number of carbonyl (C=O) groups is 2. The van der Waals surface area contributed by atoms with Crippen LogP contribution in [-0.4, -0.2) is 35.0 Å². The summed E-state index contributed by atoms with van der Waals surface area (Å²) in [4.78, 5) is 38.4. The maximum absolute atomic E-state index is 12.6. The molecule has 2 aromatic carbocycles. The minimum atomic E-state index is -0.452. The van der Waals surface area contributed by atoms with E-state index >= 15 is 0 Å². The SMILES string of the molecule is CN(C(=O)COC(=O)CCCn1c(=O)oc2ccccc21)[C@@H]1CCCc2ccccc21. The highest BCUT2D eigenvalue weighted by atomic mass is 16.5. The van der Waals surface area contributed by atoms with Gasteiger partial charge in [0.15, 0.2) is 12.2 Å². The molecule has 0 fully saturated rings. The molecule has 0 saturated carbocycles. The topological polar surface area (TPSA) is 81.8 Å². The van der Waals surface area contributed by atoms with E-state index in [0.29, 0.717) is 24.1 Å². The summed E-state index contributed by atoms with van der Waals surface area (Å²) in [5.74, 6) is -1.11. The molecule has 0 saturated heterocycles. The highest BCUT2D eigenvalue weighted by Crippen LogP contribution is 2.33. The molecule has 162 valence electrons. The van der Waals surface area contributed by atoms with E-state index in [1.807, 2.05) is 18.2 Å². The molecule has 1 heterocycles. The number of esters is 1. The van der Waals surface area contributed by atoms with E-state index in [1.54, 1.807) is 30.1 Å². The minimum absolute atomic E-state index is 0.0115. The fraction of sp³-hybridized carbons (Fsp3) is 0.375. The van der Waals surface area contributed by atoms with Crippen molar-refractivity contribution in [2.75, 3.05) is 13.7 Å². The molecule has 0 radical (unpaired) electrons. The number of hydrogen-bond donors (Lipinski definition) is 0. The molecule has 1 atom stereocenters. The Kier molecular flexibility index (Phi) is 6.21. The van der Waals surface area contributed by atoms with Crippen molar-refractivity contribution < 1.29 is 18.7 Å². The molecule has 31 heavy (non-hydrogen) atoms. The number of benzene rings is 2. The Labute approximate surface area is 180 Å². The monoisotopic (exact) mass is 422 g/mol. The average molecular weight is 422 g/mol. The molecule has 0 bridgehead atoms. The predicted octanol–water partition coefficient (Wildman–Crippen LogP) is 3.45. The summed E-state index contributed by atoms with van der Waals surface area (Å²) >= 11 is 0. The zero-order valence-electron chi connectivity index (χ0n) is 17.6. The Bertz CT molecular complexity index is 1150. The van der Waals surface area contributed by atoms with Crippen molar-refractivity contribution in [3.05, 3.63) is 70.2 Å². The standard InChI is InChI=1S/C24H26N2O5/c1-25(19-12-6-9-17-8-2-3-10-18(17)19)22(27)16-30-23(28)14-7-15-26-20-11-4-5-13-21(20)31-24(26)29/h2-5,8,10-11,13,19H,6-7,9,12,14-16H2,1H3/t19-/m1/s1. The second-order valence-electron chi connectivity index (χ2n) is 7.86. The van der Waals surface area contributed by atoms with Crippen LogP contribution in [-0.2, 0) is 27.3 Å². The number of nitrogens with zero attached hydrogens (tertiary/aromatic N) is 2. The smallest absolute Gasteiger partial charge is 0.419 e. The van der Waals surface area contributed by atoms with Crippen LogP contribution in [0.1, 0.15) is 42.9 Å². The second-order valence-corrected chi connectivity index (χ2v) is 7.86. The number of likely N-dealkylation sites (N-methyl/N-ethyl adjacent to an activating group) is 1. The number of oxazole rings is 1. The first-order valence-electron chi connectivity index (χ1n) is 10.6. The lowest BCUT2D eigenvalue weighted by molar-refractivity contribution is -0.152. The molecule has 1 aliphatic rings. The van der Waals surface area contributed by atoms with E-state index in [9.17, 15) is 14.4 Å². The Morgan fingerprint density at radius 3 is 2.81 bits per heavy atom. The molecule has 7 nitrogen and oxygen atoms in total. The number of rotatable bonds is 7. The van der Waals surface area contributed by atoms with Crippen LogP contribution in [0.3, 0.4) is 0 Å². The summed E-state index contributed by atoms with van der Waals surface area (Å²) < 4.78 is 11.9. The van der Waals surface area contributed by atoms with Crippen LogP contribution in [0.15, 0.2) is 57.7 Å². The van der Waals surface area contributed by atoms with Crippen LogP contribution in [0, 0.1) is 0 Å². The highest BCUT2D eigenvalue weighted by Gasteiger charge is 2.26. The molecule has 7 heteroatoms. The highest BCUT2D eigenvalue weighted by molar-refractivity contribution is 5.81. The van der Waals surface area contributed by atoms with Crippen LogP contribution in [0.5, 0.6) is 0 Å². The van der Waals surface area contributed by atoms with Crippen molar-refractivity contribution in [3.63, 3.8) is 0 Å². The molecule has 0 unspecified atom stereocenters. The largest absolute Gasteiger partial charge is 0.456 e. The van der Waals surface area contributed by atoms with Crippen molar-refractivity contribution in [2.24, 2.45) is 0 Å². The van der Waals surface area contributed by atoms with Gasteiger partial charge in [0, 0.05) is 20.0 Å². The van der Waals surface area contributed by atoms with Gasteiger partial charge in [-0.25, -0.2) is 4.79 Å². The molecule has 0 spiro atoms. The van der Waals surface area contributed by atoms with Crippen molar-refractivity contribution in [2.45, 2.75) is 44.7 Å². The van der Waals surface area contributed by atoms with Gasteiger partial charge in [0.05, 0.1) is 11.6 Å². The lowest BCUT2D eigenvalue weighted by Gasteiger charge is -2.33. The fourth-order valence-corrected chi connectivity index (χ4v) is 4.23. The van der Waals surface area contributed by atoms with Gasteiger partial charge in [0.25, 0.3) is 5.91 Å². The van der Waals surface area contributed by atoms with E-state index < -0.39 is 11.7 Å². The second kappa shape index (κ2) is 9.20. The predicted molar refractivity (Wildman–Crippen MR) is 116 cm³/mol. The Balaban J connectivity index is 1.27. The summed E-state index contributed by atoms with van der Waals surface area (Å²) in [5, 5.41) is 0. The van der Waals surface area contributed by atoms with Gasteiger partial charge in [-0.3, -0.25) is 14.2 Å². The van der Waals surface area contributed by atoms with Gasteiger partial charge in [0.2, 0.25) is 0 Å². The Morgan fingerprint density at radius 1 is 1.16 bits per heavy atom. The number of aryl methyl sites for hydroxylation is 2. The zero-order valence-corrected chi connectivity index (χ0v) is 17.6. The summed E-state index contributed by atoms with van der Waals surface area (Å²) in [6, 6.07) is 15.4. The molecule has 0 aliphatic heterocycles. The van der Waals surface area contributed by atoms with Crippen LogP contribution >= 0.6 is 0 Å². The minimum Gasteiger partial charge on any atom is -0.456 e. The Hall–Kier alpha value is -3.35. The van der Waals surface area contributed by atoms with Gasteiger partial charge in [-0.05, 0) is 48.9 Å². The van der Waals surface area contributed by atoms with Crippen LogP contribution in [0.4, 0.5) is 0 Å². The first-order valence-corrected chi connectivity index (χ1v) is 10.6. The van der Waals surface area contributed by atoms with Gasteiger partial charge in [0.1, 0.15) is 0 Å². The number of carbonyl (C=O) groups excluding carboxylic acids is 2. The number of aromatic nitrogens is 1. The number of ether oxygens (including phenoxy) is 1. The van der Waals surface area contributed by atoms with Crippen molar-refractivity contribution >= 4 is 23.0 Å². The number of fused-ring (bicyclic) bond motifs is 2.